The topological polar surface area (TPSA) is 98.2 Å². The first-order valence-corrected chi connectivity index (χ1v) is 10.4. The Morgan fingerprint density at radius 2 is 2.00 bits per heavy atom. The van der Waals surface area contributed by atoms with E-state index in [9.17, 15) is 13.2 Å². The fraction of sp³-hybridized carbons (Fsp3) is 0.150. The van der Waals surface area contributed by atoms with Crippen molar-refractivity contribution in [2.45, 2.75) is 6.61 Å². The van der Waals surface area contributed by atoms with Gasteiger partial charge in [0.25, 0.3) is 10.0 Å². The fourth-order valence-electron chi connectivity index (χ4n) is 2.81. The van der Waals surface area contributed by atoms with Gasteiger partial charge in [0.05, 0.1) is 17.5 Å². The highest BCUT2D eigenvalue weighted by atomic mass is 32.2. The van der Waals surface area contributed by atoms with E-state index in [1.807, 2.05) is 18.2 Å². The summed E-state index contributed by atoms with van der Waals surface area (Å²) in [5, 5.41) is 0. The molecule has 0 atom stereocenters. The number of para-hydroxylation sites is 1. The van der Waals surface area contributed by atoms with Gasteiger partial charge in [-0.1, -0.05) is 18.2 Å². The molecule has 4 rings (SSSR count). The molecule has 0 unspecified atom stereocenters. The van der Waals surface area contributed by atoms with Crippen LogP contribution in [0.3, 0.4) is 0 Å². The maximum absolute atomic E-state index is 12.5. The van der Waals surface area contributed by atoms with E-state index < -0.39 is 16.0 Å². The number of nitrogens with zero attached hydrogens (tertiary/aromatic N) is 3. The number of hydrogen-bond donors (Lipinski definition) is 0. The molecule has 3 heterocycles. The van der Waals surface area contributed by atoms with E-state index in [0.29, 0.717) is 28.5 Å². The molecule has 0 aliphatic carbocycles. The van der Waals surface area contributed by atoms with Gasteiger partial charge < -0.3 is 14.4 Å². The summed E-state index contributed by atoms with van der Waals surface area (Å²) in [6.07, 6.45) is 7.79. The van der Waals surface area contributed by atoms with E-state index in [0.717, 1.165) is 0 Å². The first-order valence-electron chi connectivity index (χ1n) is 8.82. The molecule has 0 saturated heterocycles. The molecule has 1 aromatic carbocycles. The predicted octanol–water partition coefficient (Wildman–Crippen LogP) is 2.41. The molecular formula is C20H17N3O5S. The Bertz CT molecular complexity index is 1120. The average Bonchev–Trinajstić information content (AvgIpc) is 2.72. The van der Waals surface area contributed by atoms with Crippen molar-refractivity contribution in [3.63, 3.8) is 0 Å². The summed E-state index contributed by atoms with van der Waals surface area (Å²) < 4.78 is 38.1. The van der Waals surface area contributed by atoms with Crippen LogP contribution in [0.15, 0.2) is 77.1 Å². The average molecular weight is 411 g/mol. The van der Waals surface area contributed by atoms with Crippen molar-refractivity contribution >= 4 is 21.8 Å². The lowest BCUT2D eigenvalue weighted by molar-refractivity contribution is -0.140. The van der Waals surface area contributed by atoms with Gasteiger partial charge in [-0.25, -0.2) is 13.2 Å². The monoisotopic (exact) mass is 411 g/mol. The zero-order valence-corrected chi connectivity index (χ0v) is 16.1. The summed E-state index contributed by atoms with van der Waals surface area (Å²) in [6, 6.07) is 10.8. The Hall–Kier alpha value is -3.46. The molecule has 0 spiro atoms. The van der Waals surface area contributed by atoms with Crippen molar-refractivity contribution in [1.82, 2.24) is 9.88 Å². The van der Waals surface area contributed by atoms with Crippen LogP contribution in [0.4, 0.5) is 0 Å². The molecule has 8 nitrogen and oxygen atoms in total. The lowest BCUT2D eigenvalue weighted by Crippen LogP contribution is -2.37. The maximum atomic E-state index is 12.5. The van der Waals surface area contributed by atoms with Gasteiger partial charge in [0, 0.05) is 24.5 Å². The number of benzene rings is 1. The highest BCUT2D eigenvalue weighted by Gasteiger charge is 2.25. The van der Waals surface area contributed by atoms with Crippen molar-refractivity contribution < 1.29 is 22.7 Å². The highest BCUT2D eigenvalue weighted by Crippen LogP contribution is 2.25. The number of esters is 1. The van der Waals surface area contributed by atoms with Crippen LogP contribution in [-0.2, 0) is 26.2 Å². The van der Waals surface area contributed by atoms with Gasteiger partial charge in [0.1, 0.15) is 23.9 Å². The first-order chi connectivity index (χ1) is 14.0. The van der Waals surface area contributed by atoms with Crippen molar-refractivity contribution in [2.75, 3.05) is 12.3 Å². The number of amidine groups is 1. The van der Waals surface area contributed by atoms with Gasteiger partial charge in [-0.05, 0) is 30.4 Å². The Morgan fingerprint density at radius 3 is 2.83 bits per heavy atom. The van der Waals surface area contributed by atoms with Crippen LogP contribution in [0.1, 0.15) is 5.56 Å². The fourth-order valence-corrected chi connectivity index (χ4v) is 3.77. The molecule has 0 amide bonds. The minimum Gasteiger partial charge on any atom is -0.457 e. The van der Waals surface area contributed by atoms with Crippen molar-refractivity contribution in [3.05, 3.63) is 78.3 Å². The van der Waals surface area contributed by atoms with Crippen molar-refractivity contribution in [2.24, 2.45) is 4.40 Å². The van der Waals surface area contributed by atoms with Crippen LogP contribution in [0.5, 0.6) is 11.5 Å². The van der Waals surface area contributed by atoms with Crippen molar-refractivity contribution in [3.8, 4) is 11.5 Å². The number of fused-ring (bicyclic) bond motifs is 1. The summed E-state index contributed by atoms with van der Waals surface area (Å²) in [6.45, 7) is 0.264. The molecule has 9 heteroatoms. The normalized spacial score (nSPS) is 17.0. The number of hydrogen-bond acceptors (Lipinski definition) is 7. The van der Waals surface area contributed by atoms with E-state index in [1.54, 1.807) is 41.7 Å². The summed E-state index contributed by atoms with van der Waals surface area (Å²) in [4.78, 5) is 18.1. The molecule has 2 aromatic rings. The Kier molecular flexibility index (Phi) is 5.13. The maximum Gasteiger partial charge on any atom is 0.339 e. The number of ether oxygens (including phenoxy) is 2. The number of rotatable bonds is 5. The van der Waals surface area contributed by atoms with Gasteiger partial charge in [-0.2, -0.15) is 0 Å². The molecule has 2 aliphatic rings. The molecule has 2 aliphatic heterocycles. The number of pyridine rings is 1. The van der Waals surface area contributed by atoms with E-state index in [4.69, 9.17) is 9.47 Å². The Balaban J connectivity index is 1.43. The highest BCUT2D eigenvalue weighted by molar-refractivity contribution is 7.90. The van der Waals surface area contributed by atoms with E-state index in [-0.39, 0.29) is 18.9 Å². The number of carbonyl (C=O) groups excluding carboxylic acids is 1. The van der Waals surface area contributed by atoms with Crippen LogP contribution in [0.2, 0.25) is 0 Å². The zero-order valence-electron chi connectivity index (χ0n) is 15.3. The Labute approximate surface area is 167 Å². The Morgan fingerprint density at radius 1 is 1.14 bits per heavy atom. The molecule has 0 radical (unpaired) electrons. The molecular weight excluding hydrogens is 394 g/mol. The number of carbonyl (C=O) groups is 1. The zero-order chi connectivity index (χ0) is 20.3. The molecule has 0 bridgehead atoms. The van der Waals surface area contributed by atoms with Crippen LogP contribution in [0, 0.1) is 0 Å². The van der Waals surface area contributed by atoms with Crippen molar-refractivity contribution in [1.29, 1.82) is 0 Å². The van der Waals surface area contributed by atoms with Gasteiger partial charge in [-0.15, -0.1) is 4.40 Å². The van der Waals surface area contributed by atoms with Crippen LogP contribution in [-0.4, -0.2) is 42.4 Å². The summed E-state index contributed by atoms with van der Waals surface area (Å²) in [5.74, 6) is 0.823. The second-order valence-electron chi connectivity index (χ2n) is 6.32. The quantitative estimate of drug-likeness (QED) is 0.697. The summed E-state index contributed by atoms with van der Waals surface area (Å²) in [7, 11) is -3.44. The van der Waals surface area contributed by atoms with E-state index in [2.05, 4.69) is 9.38 Å². The lowest BCUT2D eigenvalue weighted by atomic mass is 10.2. The van der Waals surface area contributed by atoms with Crippen LogP contribution < -0.4 is 4.74 Å². The molecule has 0 N–H and O–H groups in total. The molecule has 1 aromatic heterocycles. The first kappa shape index (κ1) is 18.9. The van der Waals surface area contributed by atoms with E-state index in [1.165, 1.54) is 12.2 Å². The third-order valence-electron chi connectivity index (χ3n) is 4.25. The third-order valence-corrected chi connectivity index (χ3v) is 5.42. The van der Waals surface area contributed by atoms with Crippen LogP contribution >= 0.6 is 0 Å². The standard InChI is InChI=1S/C20H17N3O5S/c24-20(15-7-8-19-22-29(25,26)11-10-23(19)13-15)27-14-16-4-1-2-6-18(16)28-17-5-3-9-21-12-17/h1-9,12-13H,10-11,14H2. The largest absolute Gasteiger partial charge is 0.457 e. The van der Waals surface area contributed by atoms with Gasteiger partial charge in [0.2, 0.25) is 0 Å². The van der Waals surface area contributed by atoms with Gasteiger partial charge >= 0.3 is 5.97 Å². The predicted molar refractivity (Wildman–Crippen MR) is 106 cm³/mol. The second kappa shape index (κ2) is 7.88. The summed E-state index contributed by atoms with van der Waals surface area (Å²) in [5.41, 5.74) is 1.02. The number of aromatic nitrogens is 1. The molecule has 0 saturated carbocycles. The van der Waals surface area contributed by atoms with Gasteiger partial charge in [-0.3, -0.25) is 4.98 Å². The lowest BCUT2D eigenvalue weighted by Gasteiger charge is -2.26. The van der Waals surface area contributed by atoms with Gasteiger partial charge in [0.15, 0.2) is 0 Å². The summed E-state index contributed by atoms with van der Waals surface area (Å²) >= 11 is 0. The van der Waals surface area contributed by atoms with E-state index >= 15 is 0 Å². The van der Waals surface area contributed by atoms with Crippen LogP contribution in [0.25, 0.3) is 0 Å². The molecule has 0 fully saturated rings. The third kappa shape index (κ3) is 4.52. The minimum atomic E-state index is -3.44. The second-order valence-corrected chi connectivity index (χ2v) is 8.08. The SMILES string of the molecule is O=C(OCc1ccccc1Oc1cccnc1)C1=CN2CCS(=O)(=O)N=C2C=C1. The minimum absolute atomic E-state index is 0.0236. The smallest absolute Gasteiger partial charge is 0.339 e. The molecule has 29 heavy (non-hydrogen) atoms. The number of sulfonamides is 1. The molecule has 148 valence electrons.